The van der Waals surface area contributed by atoms with Gasteiger partial charge in [-0.3, -0.25) is 4.79 Å². The number of nitrogens with two attached hydrogens (primary N) is 1. The molecule has 2 aromatic rings. The topological polar surface area (TPSA) is 131 Å². The van der Waals surface area contributed by atoms with Crippen LogP contribution in [0.15, 0.2) is 27.5 Å². The fraction of sp³-hybridized carbons (Fsp3) is 0.294. The number of nitrogens with zero attached hydrogens (tertiary/aromatic N) is 1. The van der Waals surface area contributed by atoms with Crippen molar-refractivity contribution in [2.75, 3.05) is 7.05 Å². The van der Waals surface area contributed by atoms with Crippen LogP contribution in [0.25, 0.3) is 0 Å². The fourth-order valence-corrected chi connectivity index (χ4v) is 3.48. The number of hydrogen-bond donors (Lipinski definition) is 2. The van der Waals surface area contributed by atoms with E-state index in [9.17, 15) is 18.0 Å². The lowest BCUT2D eigenvalue weighted by Gasteiger charge is -2.17. The molecule has 2 rings (SSSR count). The summed E-state index contributed by atoms with van der Waals surface area (Å²) in [7, 11) is -2.46. The van der Waals surface area contributed by atoms with Gasteiger partial charge in [-0.25, -0.2) is 18.4 Å². The molecular formula is C17H20N2O6S. The van der Waals surface area contributed by atoms with Gasteiger partial charge in [0.25, 0.3) is 5.91 Å². The highest BCUT2D eigenvalue weighted by atomic mass is 32.2. The van der Waals surface area contributed by atoms with E-state index >= 15 is 0 Å². The molecule has 8 nitrogen and oxygen atoms in total. The Balaban J connectivity index is 2.33. The zero-order chi connectivity index (χ0) is 19.8. The Morgan fingerprint density at radius 3 is 2.31 bits per heavy atom. The van der Waals surface area contributed by atoms with Crippen molar-refractivity contribution in [1.82, 2.24) is 4.90 Å². The summed E-state index contributed by atoms with van der Waals surface area (Å²) in [5, 5.41) is 14.3. The van der Waals surface area contributed by atoms with Crippen LogP contribution in [0.3, 0.4) is 0 Å². The average molecular weight is 380 g/mol. The van der Waals surface area contributed by atoms with Gasteiger partial charge in [0.2, 0.25) is 10.0 Å². The Labute approximate surface area is 151 Å². The van der Waals surface area contributed by atoms with Crippen molar-refractivity contribution in [1.29, 1.82) is 0 Å². The van der Waals surface area contributed by atoms with Crippen LogP contribution in [0.4, 0.5) is 0 Å². The second-order valence-electron chi connectivity index (χ2n) is 6.11. The van der Waals surface area contributed by atoms with Gasteiger partial charge in [0.05, 0.1) is 11.4 Å². The standard InChI is InChI=1S/C17H20N2O6S/c1-9-5-12(6-15(10(9)2)26(18,23)24)16(20)19(4)8-13-7-14(17(21)22)11(3)25-13/h5-7H,8H2,1-4H3,(H,21,22)(H2,18,23,24). The molecule has 140 valence electrons. The van der Waals surface area contributed by atoms with Crippen LogP contribution in [-0.2, 0) is 16.6 Å². The zero-order valence-electron chi connectivity index (χ0n) is 14.9. The number of benzene rings is 1. The van der Waals surface area contributed by atoms with Crippen molar-refractivity contribution >= 4 is 21.9 Å². The summed E-state index contributed by atoms with van der Waals surface area (Å²) in [6, 6.07) is 4.18. The van der Waals surface area contributed by atoms with E-state index in [2.05, 4.69) is 0 Å². The van der Waals surface area contributed by atoms with E-state index in [-0.39, 0.29) is 28.3 Å². The normalized spacial score (nSPS) is 11.4. The lowest BCUT2D eigenvalue weighted by Crippen LogP contribution is -2.27. The number of carbonyl (C=O) groups is 2. The van der Waals surface area contributed by atoms with Gasteiger partial charge in [-0.15, -0.1) is 0 Å². The number of carbonyl (C=O) groups excluding carboxylic acids is 1. The number of carboxylic acids is 1. The van der Waals surface area contributed by atoms with Gasteiger partial charge < -0.3 is 14.4 Å². The average Bonchev–Trinajstić information content (AvgIpc) is 2.88. The first-order valence-electron chi connectivity index (χ1n) is 7.64. The first-order valence-corrected chi connectivity index (χ1v) is 9.18. The minimum Gasteiger partial charge on any atom is -0.478 e. The van der Waals surface area contributed by atoms with E-state index in [0.29, 0.717) is 16.9 Å². The molecule has 0 atom stereocenters. The van der Waals surface area contributed by atoms with E-state index in [1.54, 1.807) is 19.9 Å². The van der Waals surface area contributed by atoms with Crippen molar-refractivity contribution in [2.45, 2.75) is 32.2 Å². The SMILES string of the molecule is Cc1cc(C(=O)N(C)Cc2cc(C(=O)O)c(C)o2)cc(S(N)(=O)=O)c1C. The van der Waals surface area contributed by atoms with Gasteiger partial charge in [0.1, 0.15) is 17.1 Å². The molecule has 0 aliphatic rings. The molecule has 0 radical (unpaired) electrons. The summed E-state index contributed by atoms with van der Waals surface area (Å²) in [5.41, 5.74) is 1.31. The predicted molar refractivity (Wildman–Crippen MR) is 93.5 cm³/mol. The monoisotopic (exact) mass is 380 g/mol. The smallest absolute Gasteiger partial charge is 0.339 e. The summed E-state index contributed by atoms with van der Waals surface area (Å²) in [6.07, 6.45) is 0. The van der Waals surface area contributed by atoms with Crippen LogP contribution in [0, 0.1) is 20.8 Å². The molecule has 26 heavy (non-hydrogen) atoms. The van der Waals surface area contributed by atoms with Crippen LogP contribution in [0.1, 0.15) is 43.4 Å². The highest BCUT2D eigenvalue weighted by molar-refractivity contribution is 7.89. The van der Waals surface area contributed by atoms with Crippen molar-refractivity contribution in [2.24, 2.45) is 5.14 Å². The Morgan fingerprint density at radius 2 is 1.81 bits per heavy atom. The van der Waals surface area contributed by atoms with Crippen LogP contribution >= 0.6 is 0 Å². The van der Waals surface area contributed by atoms with E-state index in [0.717, 1.165) is 0 Å². The lowest BCUT2D eigenvalue weighted by molar-refractivity contribution is 0.0694. The summed E-state index contributed by atoms with van der Waals surface area (Å²) >= 11 is 0. The predicted octanol–water partition coefficient (Wildman–Crippen LogP) is 1.82. The minimum absolute atomic E-state index is 0.0311. The van der Waals surface area contributed by atoms with Gasteiger partial charge in [0.15, 0.2) is 0 Å². The maximum Gasteiger partial charge on any atom is 0.339 e. The number of hydrogen-bond acceptors (Lipinski definition) is 5. The molecule has 1 amide bonds. The molecule has 0 saturated heterocycles. The summed E-state index contributed by atoms with van der Waals surface area (Å²) < 4.78 is 28.8. The number of carboxylic acid groups (broad SMARTS) is 1. The molecule has 0 aliphatic heterocycles. The third-order valence-corrected chi connectivity index (χ3v) is 5.15. The minimum atomic E-state index is -3.96. The first-order chi connectivity index (χ1) is 11.9. The zero-order valence-corrected chi connectivity index (χ0v) is 15.7. The van der Waals surface area contributed by atoms with Crippen molar-refractivity contribution in [3.8, 4) is 0 Å². The highest BCUT2D eigenvalue weighted by Gasteiger charge is 2.21. The largest absolute Gasteiger partial charge is 0.478 e. The quantitative estimate of drug-likeness (QED) is 0.813. The maximum atomic E-state index is 12.6. The number of rotatable bonds is 5. The molecular weight excluding hydrogens is 360 g/mol. The van der Waals surface area contributed by atoms with Crippen LogP contribution < -0.4 is 5.14 Å². The molecule has 0 unspecified atom stereocenters. The summed E-state index contributed by atoms with van der Waals surface area (Å²) in [6.45, 7) is 4.86. The molecule has 0 spiro atoms. The van der Waals surface area contributed by atoms with E-state index in [1.165, 1.54) is 31.0 Å². The van der Waals surface area contributed by atoms with E-state index < -0.39 is 21.9 Å². The summed E-state index contributed by atoms with van der Waals surface area (Å²) in [5.74, 6) is -0.996. The third-order valence-electron chi connectivity index (χ3n) is 4.11. The number of aromatic carboxylic acids is 1. The summed E-state index contributed by atoms with van der Waals surface area (Å²) in [4.78, 5) is 24.9. The molecule has 3 N–H and O–H groups in total. The van der Waals surface area contributed by atoms with Gasteiger partial charge in [0, 0.05) is 12.6 Å². The number of sulfonamides is 1. The Morgan fingerprint density at radius 1 is 1.19 bits per heavy atom. The Hall–Kier alpha value is -2.65. The van der Waals surface area contributed by atoms with Gasteiger partial charge in [-0.1, -0.05) is 0 Å². The molecule has 1 aromatic heterocycles. The first kappa shape index (κ1) is 19.7. The van der Waals surface area contributed by atoms with Crippen molar-refractivity contribution < 1.29 is 27.5 Å². The Bertz CT molecular complexity index is 991. The number of amides is 1. The molecule has 0 aliphatic carbocycles. The van der Waals surface area contributed by atoms with Gasteiger partial charge in [-0.2, -0.15) is 0 Å². The fourth-order valence-electron chi connectivity index (χ4n) is 2.61. The maximum absolute atomic E-state index is 12.6. The third kappa shape index (κ3) is 3.94. The molecule has 1 aromatic carbocycles. The second kappa shape index (κ2) is 6.93. The lowest BCUT2D eigenvalue weighted by atomic mass is 10.1. The van der Waals surface area contributed by atoms with Crippen molar-refractivity contribution in [3.05, 3.63) is 52.0 Å². The molecule has 0 bridgehead atoms. The van der Waals surface area contributed by atoms with E-state index in [4.69, 9.17) is 14.7 Å². The number of primary sulfonamides is 1. The van der Waals surface area contributed by atoms with Crippen LogP contribution in [0.5, 0.6) is 0 Å². The molecule has 0 fully saturated rings. The van der Waals surface area contributed by atoms with Crippen LogP contribution in [-0.4, -0.2) is 37.3 Å². The van der Waals surface area contributed by atoms with Crippen molar-refractivity contribution in [3.63, 3.8) is 0 Å². The highest BCUT2D eigenvalue weighted by Crippen LogP contribution is 2.22. The van der Waals surface area contributed by atoms with E-state index in [1.807, 2.05) is 0 Å². The Kier molecular flexibility index (Phi) is 5.24. The number of furan rings is 1. The van der Waals surface area contributed by atoms with Crippen LogP contribution in [0.2, 0.25) is 0 Å². The second-order valence-corrected chi connectivity index (χ2v) is 7.64. The van der Waals surface area contributed by atoms with Gasteiger partial charge in [-0.05, 0) is 50.1 Å². The molecule has 1 heterocycles. The molecule has 9 heteroatoms. The number of aryl methyl sites for hydroxylation is 2. The molecule has 0 saturated carbocycles. The van der Waals surface area contributed by atoms with Gasteiger partial charge >= 0.3 is 5.97 Å².